The highest BCUT2D eigenvalue weighted by Gasteiger charge is 2.29. The fourth-order valence-electron chi connectivity index (χ4n) is 3.25. The lowest BCUT2D eigenvalue weighted by Gasteiger charge is -2.29. The van der Waals surface area contributed by atoms with Crippen molar-refractivity contribution in [3.63, 3.8) is 0 Å². The molecule has 0 fully saturated rings. The van der Waals surface area contributed by atoms with Crippen molar-refractivity contribution in [3.8, 4) is 11.5 Å². The Morgan fingerprint density at radius 1 is 1.32 bits per heavy atom. The number of hydrogen-bond acceptors (Lipinski definition) is 4. The third-order valence-electron chi connectivity index (χ3n) is 4.67. The standard InChI is InChI=1S/C19H24N2O3S/c1-14-15-8-12-25-18(15)7-10-21(14)13-19(22)20-9-11-24-17-6-4-3-5-16(17)23-2/h3-6,8,12,14H,7,9-11,13H2,1-2H3,(H,20,22)/p+1/t14-/m1/s1. The van der Waals surface area contributed by atoms with Crippen molar-refractivity contribution in [1.82, 2.24) is 5.32 Å². The molecule has 134 valence electrons. The summed E-state index contributed by atoms with van der Waals surface area (Å²) in [6.07, 6.45) is 1.07. The third-order valence-corrected chi connectivity index (χ3v) is 5.67. The molecule has 1 unspecified atom stereocenters. The maximum absolute atomic E-state index is 12.2. The zero-order chi connectivity index (χ0) is 17.6. The van der Waals surface area contributed by atoms with E-state index < -0.39 is 0 Å². The van der Waals surface area contributed by atoms with Crippen molar-refractivity contribution in [2.24, 2.45) is 0 Å². The number of benzene rings is 1. The summed E-state index contributed by atoms with van der Waals surface area (Å²) in [7, 11) is 1.62. The predicted octanol–water partition coefficient (Wildman–Crippen LogP) is 1.45. The van der Waals surface area contributed by atoms with Crippen LogP contribution in [0.4, 0.5) is 0 Å². The van der Waals surface area contributed by atoms with Crippen molar-refractivity contribution < 1.29 is 19.2 Å². The molecule has 0 bridgehead atoms. The maximum atomic E-state index is 12.2. The van der Waals surface area contributed by atoms with E-state index in [1.807, 2.05) is 35.6 Å². The van der Waals surface area contributed by atoms with Crippen LogP contribution in [-0.4, -0.2) is 39.3 Å². The molecule has 1 aliphatic heterocycles. The summed E-state index contributed by atoms with van der Waals surface area (Å²) in [5.74, 6) is 1.47. The summed E-state index contributed by atoms with van der Waals surface area (Å²) in [6.45, 7) is 4.64. The second kappa shape index (κ2) is 8.36. The minimum Gasteiger partial charge on any atom is -0.493 e. The van der Waals surface area contributed by atoms with Crippen LogP contribution >= 0.6 is 11.3 Å². The Hall–Kier alpha value is -2.05. The molecule has 1 aromatic heterocycles. The number of rotatable bonds is 7. The van der Waals surface area contributed by atoms with E-state index in [9.17, 15) is 4.79 Å². The number of fused-ring (bicyclic) bond motifs is 1. The summed E-state index contributed by atoms with van der Waals surface area (Å²) >= 11 is 1.83. The molecular weight excluding hydrogens is 336 g/mol. The van der Waals surface area contributed by atoms with Crippen molar-refractivity contribution in [1.29, 1.82) is 0 Å². The number of carbonyl (C=O) groups excluding carboxylic acids is 1. The second-order valence-electron chi connectivity index (χ2n) is 6.21. The summed E-state index contributed by atoms with van der Waals surface area (Å²) in [6, 6.07) is 10.1. The molecule has 2 heterocycles. The lowest BCUT2D eigenvalue weighted by molar-refractivity contribution is -0.924. The summed E-state index contributed by atoms with van der Waals surface area (Å²) in [5, 5.41) is 5.11. The first-order valence-electron chi connectivity index (χ1n) is 8.62. The molecule has 2 aromatic rings. The van der Waals surface area contributed by atoms with Gasteiger partial charge in [0.2, 0.25) is 0 Å². The van der Waals surface area contributed by atoms with Crippen LogP contribution in [0.3, 0.4) is 0 Å². The molecule has 1 aliphatic rings. The van der Waals surface area contributed by atoms with Crippen LogP contribution < -0.4 is 19.7 Å². The van der Waals surface area contributed by atoms with E-state index in [-0.39, 0.29) is 5.91 Å². The fourth-order valence-corrected chi connectivity index (χ4v) is 4.23. The van der Waals surface area contributed by atoms with Gasteiger partial charge in [-0.25, -0.2) is 0 Å². The van der Waals surface area contributed by atoms with Gasteiger partial charge in [0.1, 0.15) is 12.6 Å². The Morgan fingerprint density at radius 2 is 2.12 bits per heavy atom. The molecule has 0 saturated carbocycles. The number of nitrogens with one attached hydrogen (secondary N) is 2. The van der Waals surface area contributed by atoms with Gasteiger partial charge in [-0.1, -0.05) is 12.1 Å². The van der Waals surface area contributed by atoms with Gasteiger partial charge in [0.25, 0.3) is 5.91 Å². The quantitative estimate of drug-likeness (QED) is 0.734. The van der Waals surface area contributed by atoms with E-state index in [1.165, 1.54) is 15.3 Å². The van der Waals surface area contributed by atoms with Gasteiger partial charge in [0.05, 0.1) is 20.2 Å². The molecule has 6 heteroatoms. The number of hydrogen-bond donors (Lipinski definition) is 2. The van der Waals surface area contributed by atoms with Gasteiger partial charge >= 0.3 is 0 Å². The van der Waals surface area contributed by atoms with Crippen LogP contribution in [0.1, 0.15) is 23.4 Å². The normalized spacial score (nSPS) is 19.1. The maximum Gasteiger partial charge on any atom is 0.275 e. The molecule has 1 amide bonds. The smallest absolute Gasteiger partial charge is 0.275 e. The van der Waals surface area contributed by atoms with Gasteiger partial charge in [-0.2, -0.15) is 0 Å². The monoisotopic (exact) mass is 361 g/mol. The zero-order valence-electron chi connectivity index (χ0n) is 14.7. The minimum atomic E-state index is 0.0733. The first-order valence-corrected chi connectivity index (χ1v) is 9.50. The lowest BCUT2D eigenvalue weighted by atomic mass is 10.0. The lowest BCUT2D eigenvalue weighted by Crippen LogP contribution is -3.14. The van der Waals surface area contributed by atoms with Crippen LogP contribution in [0.5, 0.6) is 11.5 Å². The molecule has 0 spiro atoms. The highest BCUT2D eigenvalue weighted by atomic mass is 32.1. The number of methoxy groups -OCH3 is 1. The van der Waals surface area contributed by atoms with Crippen LogP contribution in [0.25, 0.3) is 0 Å². The van der Waals surface area contributed by atoms with Crippen LogP contribution in [-0.2, 0) is 11.2 Å². The van der Waals surface area contributed by atoms with E-state index in [4.69, 9.17) is 9.47 Å². The van der Waals surface area contributed by atoms with E-state index >= 15 is 0 Å². The third kappa shape index (κ3) is 4.32. The molecule has 0 saturated heterocycles. The molecule has 3 rings (SSSR count). The Kier molecular flexibility index (Phi) is 5.94. The van der Waals surface area contributed by atoms with Gasteiger partial charge in [0, 0.05) is 16.9 Å². The number of amides is 1. The van der Waals surface area contributed by atoms with Gasteiger partial charge in [-0.05, 0) is 30.5 Å². The van der Waals surface area contributed by atoms with Crippen LogP contribution in [0, 0.1) is 0 Å². The van der Waals surface area contributed by atoms with Gasteiger partial charge in [0.15, 0.2) is 18.0 Å². The minimum absolute atomic E-state index is 0.0733. The molecule has 0 radical (unpaired) electrons. The highest BCUT2D eigenvalue weighted by molar-refractivity contribution is 7.10. The van der Waals surface area contributed by atoms with E-state index in [0.29, 0.717) is 37.2 Å². The highest BCUT2D eigenvalue weighted by Crippen LogP contribution is 2.25. The van der Waals surface area contributed by atoms with E-state index in [0.717, 1.165) is 13.0 Å². The molecule has 2 N–H and O–H groups in total. The van der Waals surface area contributed by atoms with E-state index in [2.05, 4.69) is 23.7 Å². The largest absolute Gasteiger partial charge is 0.493 e. The van der Waals surface area contributed by atoms with Gasteiger partial charge in [-0.3, -0.25) is 4.79 Å². The Balaban J connectivity index is 1.41. The summed E-state index contributed by atoms with van der Waals surface area (Å²) in [4.78, 5) is 15.0. The van der Waals surface area contributed by atoms with Crippen molar-refractivity contribution in [3.05, 3.63) is 46.2 Å². The molecule has 5 nitrogen and oxygen atoms in total. The Labute approximate surface area is 152 Å². The second-order valence-corrected chi connectivity index (χ2v) is 7.21. The molecule has 1 aromatic carbocycles. The fraction of sp³-hybridized carbons (Fsp3) is 0.421. The number of quaternary nitrogens is 1. The Morgan fingerprint density at radius 3 is 2.92 bits per heavy atom. The van der Waals surface area contributed by atoms with Crippen molar-refractivity contribution in [2.45, 2.75) is 19.4 Å². The molecule has 25 heavy (non-hydrogen) atoms. The van der Waals surface area contributed by atoms with E-state index in [1.54, 1.807) is 7.11 Å². The molecule has 0 aliphatic carbocycles. The van der Waals surface area contributed by atoms with Crippen LogP contribution in [0.2, 0.25) is 0 Å². The average molecular weight is 361 g/mol. The Bertz CT molecular complexity index is 716. The number of thiophene rings is 1. The summed E-state index contributed by atoms with van der Waals surface area (Å²) < 4.78 is 10.9. The number of para-hydroxylation sites is 2. The SMILES string of the molecule is COc1ccccc1OCCNC(=O)C[NH+]1CCc2sccc2[C@H]1C. The number of carbonyl (C=O) groups is 1. The number of ether oxygens (including phenoxy) is 2. The molecule has 2 atom stereocenters. The first-order chi connectivity index (χ1) is 12.2. The first kappa shape index (κ1) is 17.8. The predicted molar refractivity (Wildman–Crippen MR) is 98.6 cm³/mol. The molecular formula is C19H25N2O3S+. The van der Waals surface area contributed by atoms with Gasteiger partial charge in [-0.15, -0.1) is 11.3 Å². The average Bonchev–Trinajstić information content (AvgIpc) is 3.11. The van der Waals surface area contributed by atoms with Crippen LogP contribution in [0.15, 0.2) is 35.7 Å². The topological polar surface area (TPSA) is 52.0 Å². The van der Waals surface area contributed by atoms with Crippen molar-refractivity contribution in [2.75, 3.05) is 33.4 Å². The van der Waals surface area contributed by atoms with Gasteiger partial charge < -0.3 is 19.7 Å². The zero-order valence-corrected chi connectivity index (χ0v) is 15.5. The van der Waals surface area contributed by atoms with Crippen molar-refractivity contribution >= 4 is 17.2 Å². The summed E-state index contributed by atoms with van der Waals surface area (Å²) in [5.41, 5.74) is 1.40.